The standard InChI is InChI=1S/C13H9F3N4/c14-13(15,16)4-3-12(8-18,9-19)5-11-2-1-10(6-17)7-20-11/h1-2,7H,3-5H2. The van der Waals surface area contributed by atoms with Crippen molar-refractivity contribution in [2.45, 2.75) is 25.4 Å². The van der Waals surface area contributed by atoms with Crippen molar-refractivity contribution < 1.29 is 13.2 Å². The third kappa shape index (κ3) is 4.26. The second kappa shape index (κ2) is 6.04. The molecule has 102 valence electrons. The number of halogens is 3. The molecule has 0 aliphatic carbocycles. The molecule has 7 heteroatoms. The molecule has 0 bridgehead atoms. The van der Waals surface area contributed by atoms with Crippen molar-refractivity contribution in [2.75, 3.05) is 0 Å². The Balaban J connectivity index is 2.89. The van der Waals surface area contributed by atoms with Crippen molar-refractivity contribution in [1.29, 1.82) is 15.8 Å². The van der Waals surface area contributed by atoms with E-state index in [1.807, 2.05) is 6.07 Å². The van der Waals surface area contributed by atoms with Crippen LogP contribution in [-0.2, 0) is 6.42 Å². The van der Waals surface area contributed by atoms with E-state index in [0.29, 0.717) is 11.3 Å². The van der Waals surface area contributed by atoms with Crippen LogP contribution >= 0.6 is 0 Å². The van der Waals surface area contributed by atoms with Crippen LogP contribution in [0, 0.1) is 39.4 Å². The number of aromatic nitrogens is 1. The van der Waals surface area contributed by atoms with Crippen LogP contribution in [0.5, 0.6) is 0 Å². The van der Waals surface area contributed by atoms with E-state index in [0.717, 1.165) is 0 Å². The minimum atomic E-state index is -4.42. The first kappa shape index (κ1) is 15.5. The summed E-state index contributed by atoms with van der Waals surface area (Å²) in [5, 5.41) is 26.6. The average Bonchev–Trinajstić information content (AvgIpc) is 2.43. The summed E-state index contributed by atoms with van der Waals surface area (Å²) in [4.78, 5) is 3.87. The molecule has 1 rings (SSSR count). The molecule has 20 heavy (non-hydrogen) atoms. The van der Waals surface area contributed by atoms with E-state index < -0.39 is 24.4 Å². The van der Waals surface area contributed by atoms with Gasteiger partial charge in [0.05, 0.1) is 17.7 Å². The zero-order valence-electron chi connectivity index (χ0n) is 10.3. The summed E-state index contributed by atoms with van der Waals surface area (Å²) >= 11 is 0. The van der Waals surface area contributed by atoms with E-state index in [1.165, 1.54) is 18.3 Å². The van der Waals surface area contributed by atoms with Crippen LogP contribution in [0.1, 0.15) is 24.1 Å². The van der Waals surface area contributed by atoms with Crippen LogP contribution in [-0.4, -0.2) is 11.2 Å². The van der Waals surface area contributed by atoms with Crippen molar-refractivity contribution in [1.82, 2.24) is 4.98 Å². The molecule has 0 spiro atoms. The number of hydrogen-bond acceptors (Lipinski definition) is 4. The summed E-state index contributed by atoms with van der Waals surface area (Å²) in [7, 11) is 0. The summed E-state index contributed by atoms with van der Waals surface area (Å²) in [6, 6.07) is 8.01. The van der Waals surface area contributed by atoms with E-state index >= 15 is 0 Å². The second-order valence-electron chi connectivity index (χ2n) is 4.25. The number of hydrogen-bond donors (Lipinski definition) is 0. The number of nitrogens with zero attached hydrogens (tertiary/aromatic N) is 4. The van der Waals surface area contributed by atoms with Gasteiger partial charge in [0, 0.05) is 24.7 Å². The molecular formula is C13H9F3N4. The SMILES string of the molecule is N#Cc1ccc(CC(C#N)(C#N)CCC(F)(F)F)nc1. The number of pyridine rings is 1. The number of nitriles is 3. The van der Waals surface area contributed by atoms with Crippen molar-refractivity contribution in [2.24, 2.45) is 5.41 Å². The topological polar surface area (TPSA) is 84.3 Å². The predicted molar refractivity (Wildman–Crippen MR) is 61.6 cm³/mol. The molecule has 4 nitrogen and oxygen atoms in total. The first-order chi connectivity index (χ1) is 9.34. The molecule has 0 atom stereocenters. The molecule has 1 heterocycles. The minimum Gasteiger partial charge on any atom is -0.260 e. The Kier molecular flexibility index (Phi) is 4.67. The monoisotopic (exact) mass is 278 g/mol. The van der Waals surface area contributed by atoms with Crippen molar-refractivity contribution in [3.63, 3.8) is 0 Å². The molecule has 0 aliphatic rings. The molecule has 0 saturated carbocycles. The van der Waals surface area contributed by atoms with Gasteiger partial charge in [-0.15, -0.1) is 0 Å². The summed E-state index contributed by atoms with van der Waals surface area (Å²) in [5.74, 6) is 0. The van der Waals surface area contributed by atoms with Gasteiger partial charge in [0.15, 0.2) is 0 Å². The van der Waals surface area contributed by atoms with Crippen molar-refractivity contribution in [3.05, 3.63) is 29.6 Å². The molecule has 0 unspecified atom stereocenters. The summed E-state index contributed by atoms with van der Waals surface area (Å²) in [6.07, 6.45) is -5.19. The van der Waals surface area contributed by atoms with Crippen molar-refractivity contribution >= 4 is 0 Å². The maximum Gasteiger partial charge on any atom is 0.389 e. The summed E-state index contributed by atoms with van der Waals surface area (Å²) in [6.45, 7) is 0. The number of rotatable bonds is 4. The Hall–Kier alpha value is -2.59. The van der Waals surface area contributed by atoms with E-state index in [-0.39, 0.29) is 6.42 Å². The predicted octanol–water partition coefficient (Wildman–Crippen LogP) is 2.87. The fourth-order valence-electron chi connectivity index (χ4n) is 1.56. The second-order valence-corrected chi connectivity index (χ2v) is 4.25. The van der Waals surface area contributed by atoms with E-state index in [9.17, 15) is 13.2 Å². The van der Waals surface area contributed by atoms with Crippen LogP contribution in [0.15, 0.2) is 18.3 Å². The lowest BCUT2D eigenvalue weighted by Crippen LogP contribution is -2.23. The maximum atomic E-state index is 12.2. The Morgan fingerprint density at radius 3 is 2.10 bits per heavy atom. The first-order valence-electron chi connectivity index (χ1n) is 5.58. The molecule has 0 N–H and O–H groups in total. The Morgan fingerprint density at radius 2 is 1.70 bits per heavy atom. The first-order valence-corrected chi connectivity index (χ1v) is 5.58. The molecule has 0 amide bonds. The molecule has 0 radical (unpaired) electrons. The van der Waals surface area contributed by atoms with Crippen LogP contribution < -0.4 is 0 Å². The highest BCUT2D eigenvalue weighted by atomic mass is 19.4. The van der Waals surface area contributed by atoms with Gasteiger partial charge in [-0.2, -0.15) is 29.0 Å². The molecule has 0 fully saturated rings. The fraction of sp³-hybridized carbons (Fsp3) is 0.385. The van der Waals surface area contributed by atoms with E-state index in [2.05, 4.69) is 4.98 Å². The molecule has 0 saturated heterocycles. The highest BCUT2D eigenvalue weighted by Crippen LogP contribution is 2.32. The third-order valence-corrected chi connectivity index (χ3v) is 2.70. The number of alkyl halides is 3. The average molecular weight is 278 g/mol. The van der Waals surface area contributed by atoms with E-state index in [4.69, 9.17) is 15.8 Å². The summed E-state index contributed by atoms with van der Waals surface area (Å²) in [5.41, 5.74) is -1.17. The van der Waals surface area contributed by atoms with E-state index in [1.54, 1.807) is 12.1 Å². The quantitative estimate of drug-likeness (QED) is 0.847. The Labute approximate surface area is 113 Å². The van der Waals surface area contributed by atoms with Gasteiger partial charge in [0.2, 0.25) is 0 Å². The lowest BCUT2D eigenvalue weighted by Gasteiger charge is -2.18. The zero-order valence-corrected chi connectivity index (χ0v) is 10.3. The van der Waals surface area contributed by atoms with Crippen LogP contribution in [0.4, 0.5) is 13.2 Å². The Bertz CT molecular complexity index is 571. The maximum absolute atomic E-state index is 12.2. The Morgan fingerprint density at radius 1 is 1.05 bits per heavy atom. The minimum absolute atomic E-state index is 0.207. The van der Waals surface area contributed by atoms with Crippen LogP contribution in [0.3, 0.4) is 0 Å². The molecule has 1 aromatic rings. The fourth-order valence-corrected chi connectivity index (χ4v) is 1.56. The van der Waals surface area contributed by atoms with Gasteiger partial charge in [-0.3, -0.25) is 4.98 Å². The highest BCUT2D eigenvalue weighted by molar-refractivity contribution is 5.28. The lowest BCUT2D eigenvalue weighted by atomic mass is 9.81. The van der Waals surface area contributed by atoms with Crippen LogP contribution in [0.2, 0.25) is 0 Å². The molecule has 0 aromatic carbocycles. The smallest absolute Gasteiger partial charge is 0.260 e. The van der Waals surface area contributed by atoms with Gasteiger partial charge in [-0.1, -0.05) is 0 Å². The van der Waals surface area contributed by atoms with Gasteiger partial charge in [0.25, 0.3) is 0 Å². The summed E-state index contributed by atoms with van der Waals surface area (Å²) < 4.78 is 36.7. The molecule has 0 aliphatic heterocycles. The van der Waals surface area contributed by atoms with Gasteiger partial charge in [-0.25, -0.2) is 0 Å². The third-order valence-electron chi connectivity index (χ3n) is 2.70. The van der Waals surface area contributed by atoms with Crippen LogP contribution in [0.25, 0.3) is 0 Å². The highest BCUT2D eigenvalue weighted by Gasteiger charge is 2.37. The van der Waals surface area contributed by atoms with Gasteiger partial charge in [0.1, 0.15) is 11.5 Å². The van der Waals surface area contributed by atoms with Gasteiger partial charge >= 0.3 is 6.18 Å². The van der Waals surface area contributed by atoms with Crippen molar-refractivity contribution in [3.8, 4) is 18.2 Å². The lowest BCUT2D eigenvalue weighted by molar-refractivity contribution is -0.138. The van der Waals surface area contributed by atoms with Gasteiger partial charge in [-0.05, 0) is 18.6 Å². The zero-order chi connectivity index (χ0) is 15.2. The largest absolute Gasteiger partial charge is 0.389 e. The normalized spacial score (nSPS) is 11.2. The molecular weight excluding hydrogens is 269 g/mol. The van der Waals surface area contributed by atoms with Gasteiger partial charge < -0.3 is 0 Å². The molecule has 1 aromatic heterocycles.